The van der Waals surface area contributed by atoms with E-state index in [-0.39, 0.29) is 0 Å². The summed E-state index contributed by atoms with van der Waals surface area (Å²) in [5.74, 6) is 1.71. The van der Waals surface area contributed by atoms with E-state index in [4.69, 9.17) is 0 Å². The van der Waals surface area contributed by atoms with Crippen molar-refractivity contribution in [2.24, 2.45) is 11.8 Å². The zero-order valence-electron chi connectivity index (χ0n) is 12.2. The van der Waals surface area contributed by atoms with Crippen molar-refractivity contribution in [1.29, 1.82) is 0 Å². The van der Waals surface area contributed by atoms with Crippen LogP contribution in [0.25, 0.3) is 0 Å². The van der Waals surface area contributed by atoms with Gasteiger partial charge in [-0.1, -0.05) is 26.7 Å². The van der Waals surface area contributed by atoms with Crippen LogP contribution in [0.4, 0.5) is 0 Å². The first-order valence-electron chi connectivity index (χ1n) is 8.01. The molecule has 2 saturated carbocycles. The lowest BCUT2D eigenvalue weighted by Gasteiger charge is -2.32. The van der Waals surface area contributed by atoms with Gasteiger partial charge in [-0.3, -0.25) is 9.69 Å². The van der Waals surface area contributed by atoms with Crippen molar-refractivity contribution >= 4 is 5.78 Å². The molecule has 104 valence electrons. The average Bonchev–Trinajstić information content (AvgIpc) is 3.17. The lowest BCUT2D eigenvalue weighted by atomic mass is 9.78. The second kappa shape index (κ2) is 6.70. The SMILES string of the molecule is CCCC1CCC(=O)C(CN(CCC)C2CC2)C1. The van der Waals surface area contributed by atoms with Crippen molar-refractivity contribution in [2.75, 3.05) is 13.1 Å². The molecule has 2 aliphatic carbocycles. The van der Waals surface area contributed by atoms with Crippen LogP contribution in [-0.2, 0) is 4.79 Å². The summed E-state index contributed by atoms with van der Waals surface area (Å²) in [6.45, 7) is 6.75. The highest BCUT2D eigenvalue weighted by atomic mass is 16.1. The first kappa shape index (κ1) is 14.0. The number of ketones is 1. The van der Waals surface area contributed by atoms with E-state index in [1.54, 1.807) is 0 Å². The Morgan fingerprint density at radius 1 is 1.17 bits per heavy atom. The van der Waals surface area contributed by atoms with Gasteiger partial charge in [0.05, 0.1) is 0 Å². The van der Waals surface area contributed by atoms with Crippen molar-refractivity contribution in [3.8, 4) is 0 Å². The molecule has 0 aliphatic heterocycles. The fourth-order valence-corrected chi connectivity index (χ4v) is 3.48. The molecular formula is C16H29NO. The molecule has 2 unspecified atom stereocenters. The zero-order valence-corrected chi connectivity index (χ0v) is 12.2. The molecule has 0 N–H and O–H groups in total. The van der Waals surface area contributed by atoms with Gasteiger partial charge in [-0.15, -0.1) is 0 Å². The Kier molecular flexibility index (Phi) is 5.23. The molecule has 0 aromatic rings. The van der Waals surface area contributed by atoms with E-state index in [0.717, 1.165) is 31.3 Å². The van der Waals surface area contributed by atoms with Crippen LogP contribution >= 0.6 is 0 Å². The molecule has 2 fully saturated rings. The molecular weight excluding hydrogens is 222 g/mol. The molecule has 0 spiro atoms. The van der Waals surface area contributed by atoms with Crippen molar-refractivity contribution in [1.82, 2.24) is 4.90 Å². The lowest BCUT2D eigenvalue weighted by molar-refractivity contribution is -0.126. The quantitative estimate of drug-likeness (QED) is 0.688. The summed E-state index contributed by atoms with van der Waals surface area (Å²) in [5.41, 5.74) is 0. The van der Waals surface area contributed by atoms with Crippen LogP contribution in [0.2, 0.25) is 0 Å². The summed E-state index contributed by atoms with van der Waals surface area (Å²) in [6.07, 6.45) is 9.70. The fourth-order valence-electron chi connectivity index (χ4n) is 3.48. The first-order chi connectivity index (χ1) is 8.74. The molecule has 0 heterocycles. The van der Waals surface area contributed by atoms with E-state index in [1.165, 1.54) is 45.1 Å². The maximum atomic E-state index is 12.1. The third kappa shape index (κ3) is 3.81. The Balaban J connectivity index is 1.86. The largest absolute Gasteiger partial charge is 0.300 e. The van der Waals surface area contributed by atoms with Gasteiger partial charge in [0.2, 0.25) is 0 Å². The number of hydrogen-bond acceptors (Lipinski definition) is 2. The van der Waals surface area contributed by atoms with Crippen LogP contribution in [0.15, 0.2) is 0 Å². The maximum Gasteiger partial charge on any atom is 0.137 e. The van der Waals surface area contributed by atoms with Gasteiger partial charge in [0, 0.05) is 24.9 Å². The Labute approximate surface area is 112 Å². The number of carbonyl (C=O) groups excluding carboxylic acids is 1. The van der Waals surface area contributed by atoms with E-state index >= 15 is 0 Å². The highest BCUT2D eigenvalue weighted by molar-refractivity contribution is 5.82. The smallest absolute Gasteiger partial charge is 0.137 e. The Morgan fingerprint density at radius 3 is 2.56 bits per heavy atom. The van der Waals surface area contributed by atoms with Gasteiger partial charge in [0.25, 0.3) is 0 Å². The molecule has 2 heteroatoms. The van der Waals surface area contributed by atoms with Crippen molar-refractivity contribution in [3.63, 3.8) is 0 Å². The van der Waals surface area contributed by atoms with Crippen molar-refractivity contribution in [2.45, 2.75) is 71.3 Å². The summed E-state index contributed by atoms with van der Waals surface area (Å²) >= 11 is 0. The number of carbonyl (C=O) groups is 1. The van der Waals surface area contributed by atoms with Gasteiger partial charge in [0.1, 0.15) is 5.78 Å². The predicted molar refractivity (Wildman–Crippen MR) is 75.6 cm³/mol. The third-order valence-corrected chi connectivity index (χ3v) is 4.60. The fraction of sp³-hybridized carbons (Fsp3) is 0.938. The summed E-state index contributed by atoms with van der Waals surface area (Å²) < 4.78 is 0. The van der Waals surface area contributed by atoms with E-state index in [2.05, 4.69) is 18.7 Å². The molecule has 2 aliphatic rings. The van der Waals surface area contributed by atoms with Crippen molar-refractivity contribution in [3.05, 3.63) is 0 Å². The molecule has 0 amide bonds. The number of Topliss-reactive ketones (excluding diaryl/α,β-unsaturated/α-hetero) is 1. The van der Waals surface area contributed by atoms with E-state index in [9.17, 15) is 4.79 Å². The number of nitrogens with zero attached hydrogens (tertiary/aromatic N) is 1. The summed E-state index contributed by atoms with van der Waals surface area (Å²) in [4.78, 5) is 14.7. The summed E-state index contributed by atoms with van der Waals surface area (Å²) in [5, 5.41) is 0. The summed E-state index contributed by atoms with van der Waals surface area (Å²) in [6, 6.07) is 0.810. The van der Waals surface area contributed by atoms with E-state index in [1.807, 2.05) is 0 Å². The Morgan fingerprint density at radius 2 is 1.94 bits per heavy atom. The molecule has 2 rings (SSSR count). The standard InChI is InChI=1S/C16H29NO/c1-3-5-13-6-9-16(18)14(11-13)12-17(10-4-2)15-7-8-15/h13-15H,3-12H2,1-2H3. The van der Waals surface area contributed by atoms with Gasteiger partial charge in [-0.2, -0.15) is 0 Å². The Hall–Kier alpha value is -0.370. The minimum absolute atomic E-state index is 0.349. The minimum atomic E-state index is 0.349. The predicted octanol–water partition coefficient (Wildman–Crippen LogP) is 3.65. The first-order valence-corrected chi connectivity index (χ1v) is 8.01. The highest BCUT2D eigenvalue weighted by Crippen LogP contribution is 2.33. The molecule has 0 aromatic heterocycles. The van der Waals surface area contributed by atoms with Crippen molar-refractivity contribution < 1.29 is 4.79 Å². The lowest BCUT2D eigenvalue weighted by Crippen LogP contribution is -2.38. The summed E-state index contributed by atoms with van der Waals surface area (Å²) in [7, 11) is 0. The minimum Gasteiger partial charge on any atom is -0.300 e. The van der Waals surface area contributed by atoms with Crippen LogP contribution in [0, 0.1) is 11.8 Å². The molecule has 2 atom stereocenters. The zero-order chi connectivity index (χ0) is 13.0. The van der Waals surface area contributed by atoms with Gasteiger partial charge < -0.3 is 0 Å². The van der Waals surface area contributed by atoms with Gasteiger partial charge >= 0.3 is 0 Å². The van der Waals surface area contributed by atoms with E-state index < -0.39 is 0 Å². The van der Waals surface area contributed by atoms with E-state index in [0.29, 0.717) is 11.7 Å². The Bertz CT molecular complexity index is 272. The molecule has 0 bridgehead atoms. The number of rotatable bonds is 7. The van der Waals surface area contributed by atoms with Gasteiger partial charge in [-0.25, -0.2) is 0 Å². The molecule has 2 nitrogen and oxygen atoms in total. The van der Waals surface area contributed by atoms with Gasteiger partial charge in [0.15, 0.2) is 0 Å². The van der Waals surface area contributed by atoms with Crippen LogP contribution in [0.1, 0.15) is 65.2 Å². The molecule has 18 heavy (non-hydrogen) atoms. The second-order valence-corrected chi connectivity index (χ2v) is 6.32. The molecule has 0 saturated heterocycles. The van der Waals surface area contributed by atoms with Crippen LogP contribution in [0.3, 0.4) is 0 Å². The normalized spacial score (nSPS) is 28.9. The second-order valence-electron chi connectivity index (χ2n) is 6.32. The monoisotopic (exact) mass is 251 g/mol. The van der Waals surface area contributed by atoms with Crippen LogP contribution < -0.4 is 0 Å². The average molecular weight is 251 g/mol. The topological polar surface area (TPSA) is 20.3 Å². The molecule has 0 aromatic carbocycles. The van der Waals surface area contributed by atoms with Gasteiger partial charge in [-0.05, 0) is 44.6 Å². The maximum absolute atomic E-state index is 12.1. The van der Waals surface area contributed by atoms with Crippen LogP contribution in [0.5, 0.6) is 0 Å². The third-order valence-electron chi connectivity index (χ3n) is 4.60. The number of hydrogen-bond donors (Lipinski definition) is 0. The molecule has 0 radical (unpaired) electrons. The van der Waals surface area contributed by atoms with Crippen LogP contribution in [-0.4, -0.2) is 29.8 Å². The highest BCUT2D eigenvalue weighted by Gasteiger charge is 2.34.